The highest BCUT2D eigenvalue weighted by molar-refractivity contribution is 5.94. The molecule has 2 aromatic carbocycles. The number of fused-ring (bicyclic) bond motifs is 1. The van der Waals surface area contributed by atoms with E-state index >= 15 is 0 Å². The van der Waals surface area contributed by atoms with Crippen molar-refractivity contribution in [2.45, 2.75) is 19.1 Å². The fourth-order valence-corrected chi connectivity index (χ4v) is 2.60. The Kier molecular flexibility index (Phi) is 3.99. The van der Waals surface area contributed by atoms with E-state index in [0.717, 1.165) is 18.7 Å². The average Bonchev–Trinajstić information content (AvgIpc) is 3.00. The number of hydrogen-bond donors (Lipinski definition) is 3. The Morgan fingerprint density at radius 1 is 1.14 bits per heavy atom. The predicted molar refractivity (Wildman–Crippen MR) is 80.7 cm³/mol. The molecule has 21 heavy (non-hydrogen) atoms. The Morgan fingerprint density at radius 3 is 2.67 bits per heavy atom. The molecule has 3 N–H and O–H groups in total. The molecule has 0 fully saturated rings. The van der Waals surface area contributed by atoms with Crippen molar-refractivity contribution in [3.63, 3.8) is 0 Å². The van der Waals surface area contributed by atoms with Gasteiger partial charge in [-0.15, -0.1) is 0 Å². The summed E-state index contributed by atoms with van der Waals surface area (Å²) in [7, 11) is 0. The van der Waals surface area contributed by atoms with Crippen LogP contribution in [0.25, 0.3) is 0 Å². The fourth-order valence-electron chi connectivity index (χ4n) is 2.60. The maximum absolute atomic E-state index is 12.3. The number of hydrogen-bond acceptors (Lipinski definition) is 3. The normalized spacial score (nSPS) is 14.5. The monoisotopic (exact) mass is 282 g/mol. The standard InChI is InChI=1S/C17H18N2O2/c20-11-16(12-4-2-1-3-5-12)19-17(21)13-6-7-14-9-18-10-15(14)8-13/h1-8,16,18,20H,9-11H2,(H,19,21)/t16-/m1/s1. The Bertz CT molecular complexity index is 640. The molecule has 1 amide bonds. The molecule has 0 saturated carbocycles. The maximum Gasteiger partial charge on any atom is 0.251 e. The van der Waals surface area contributed by atoms with Crippen molar-refractivity contribution < 1.29 is 9.90 Å². The molecule has 0 saturated heterocycles. The molecule has 0 spiro atoms. The molecule has 0 bridgehead atoms. The minimum absolute atomic E-state index is 0.123. The van der Waals surface area contributed by atoms with E-state index in [4.69, 9.17) is 0 Å². The minimum Gasteiger partial charge on any atom is -0.394 e. The van der Waals surface area contributed by atoms with Crippen molar-refractivity contribution >= 4 is 5.91 Å². The Morgan fingerprint density at radius 2 is 1.90 bits per heavy atom. The van der Waals surface area contributed by atoms with Crippen LogP contribution in [0.1, 0.15) is 33.1 Å². The van der Waals surface area contributed by atoms with Crippen LogP contribution in [-0.4, -0.2) is 17.6 Å². The van der Waals surface area contributed by atoms with Crippen LogP contribution >= 0.6 is 0 Å². The number of carbonyl (C=O) groups excluding carboxylic acids is 1. The first-order valence-electron chi connectivity index (χ1n) is 7.07. The van der Waals surface area contributed by atoms with Gasteiger partial charge in [-0.3, -0.25) is 4.79 Å². The zero-order valence-electron chi connectivity index (χ0n) is 11.7. The van der Waals surface area contributed by atoms with Crippen LogP contribution in [0.4, 0.5) is 0 Å². The second-order valence-corrected chi connectivity index (χ2v) is 5.21. The number of amides is 1. The largest absolute Gasteiger partial charge is 0.394 e. The highest BCUT2D eigenvalue weighted by Gasteiger charge is 2.17. The first kappa shape index (κ1) is 13.8. The Labute approximate surface area is 123 Å². The van der Waals surface area contributed by atoms with Crippen molar-refractivity contribution in [3.8, 4) is 0 Å². The Hall–Kier alpha value is -2.17. The summed E-state index contributed by atoms with van der Waals surface area (Å²) in [5.41, 5.74) is 3.94. The molecule has 0 aromatic heterocycles. The quantitative estimate of drug-likeness (QED) is 0.800. The second-order valence-electron chi connectivity index (χ2n) is 5.21. The Balaban J connectivity index is 1.76. The van der Waals surface area contributed by atoms with Gasteiger partial charge in [0.05, 0.1) is 12.6 Å². The predicted octanol–water partition coefficient (Wildman–Crippen LogP) is 1.75. The first-order chi connectivity index (χ1) is 10.3. The van der Waals surface area contributed by atoms with Gasteiger partial charge in [0.1, 0.15) is 0 Å². The van der Waals surface area contributed by atoms with Gasteiger partial charge >= 0.3 is 0 Å². The van der Waals surface area contributed by atoms with Crippen molar-refractivity contribution in [1.82, 2.24) is 10.6 Å². The number of carbonyl (C=O) groups is 1. The molecular weight excluding hydrogens is 264 g/mol. The van der Waals surface area contributed by atoms with Crippen LogP contribution < -0.4 is 10.6 Å². The van der Waals surface area contributed by atoms with Crippen molar-refractivity contribution in [1.29, 1.82) is 0 Å². The number of benzene rings is 2. The lowest BCUT2D eigenvalue weighted by Crippen LogP contribution is -2.30. The van der Waals surface area contributed by atoms with Gasteiger partial charge in [0.15, 0.2) is 0 Å². The molecular formula is C17H18N2O2. The molecule has 108 valence electrons. The number of aliphatic hydroxyl groups excluding tert-OH is 1. The molecule has 1 aliphatic heterocycles. The lowest BCUT2D eigenvalue weighted by atomic mass is 10.0. The van der Waals surface area contributed by atoms with Gasteiger partial charge in [-0.2, -0.15) is 0 Å². The van der Waals surface area contributed by atoms with E-state index in [1.165, 1.54) is 11.1 Å². The van der Waals surface area contributed by atoms with Crippen LogP contribution in [0.15, 0.2) is 48.5 Å². The summed E-state index contributed by atoms with van der Waals surface area (Å²) in [4.78, 5) is 12.3. The van der Waals surface area contributed by atoms with Gasteiger partial charge in [-0.05, 0) is 28.8 Å². The van der Waals surface area contributed by atoms with Gasteiger partial charge in [-0.1, -0.05) is 36.4 Å². The zero-order valence-corrected chi connectivity index (χ0v) is 11.7. The summed E-state index contributed by atoms with van der Waals surface area (Å²) in [6.07, 6.45) is 0. The van der Waals surface area contributed by atoms with Crippen LogP contribution in [-0.2, 0) is 13.1 Å². The highest BCUT2D eigenvalue weighted by Crippen LogP contribution is 2.18. The van der Waals surface area contributed by atoms with E-state index in [9.17, 15) is 9.90 Å². The average molecular weight is 282 g/mol. The lowest BCUT2D eigenvalue weighted by Gasteiger charge is -2.17. The molecule has 4 heteroatoms. The maximum atomic E-state index is 12.3. The smallest absolute Gasteiger partial charge is 0.251 e. The molecule has 4 nitrogen and oxygen atoms in total. The van der Waals surface area contributed by atoms with Crippen LogP contribution in [0, 0.1) is 0 Å². The van der Waals surface area contributed by atoms with Crippen LogP contribution in [0.2, 0.25) is 0 Å². The van der Waals surface area contributed by atoms with E-state index in [0.29, 0.717) is 5.56 Å². The SMILES string of the molecule is O=C(N[C@H](CO)c1ccccc1)c1ccc2c(c1)CNC2. The summed E-state index contributed by atoms with van der Waals surface area (Å²) >= 11 is 0. The molecule has 0 unspecified atom stereocenters. The van der Waals surface area contributed by atoms with Crippen LogP contribution in [0.3, 0.4) is 0 Å². The number of nitrogens with one attached hydrogen (secondary N) is 2. The van der Waals surface area contributed by atoms with Crippen molar-refractivity contribution in [2.24, 2.45) is 0 Å². The summed E-state index contributed by atoms with van der Waals surface area (Å²) in [5, 5.41) is 15.6. The van der Waals surface area contributed by atoms with Crippen LogP contribution in [0.5, 0.6) is 0 Å². The molecule has 1 heterocycles. The van der Waals surface area contributed by atoms with Gasteiger partial charge in [-0.25, -0.2) is 0 Å². The third kappa shape index (κ3) is 2.96. The summed E-state index contributed by atoms with van der Waals surface area (Å²) in [5.74, 6) is -0.160. The van der Waals surface area contributed by atoms with E-state index < -0.39 is 0 Å². The van der Waals surface area contributed by atoms with Gasteiger partial charge in [0.2, 0.25) is 0 Å². The molecule has 3 rings (SSSR count). The molecule has 0 radical (unpaired) electrons. The van der Waals surface area contributed by atoms with Gasteiger partial charge in [0, 0.05) is 18.7 Å². The topological polar surface area (TPSA) is 61.4 Å². The summed E-state index contributed by atoms with van der Waals surface area (Å²) < 4.78 is 0. The minimum atomic E-state index is -0.384. The van der Waals surface area contributed by atoms with Gasteiger partial charge < -0.3 is 15.7 Å². The highest BCUT2D eigenvalue weighted by atomic mass is 16.3. The molecule has 1 aliphatic rings. The number of rotatable bonds is 4. The zero-order chi connectivity index (χ0) is 14.7. The second kappa shape index (κ2) is 6.08. The van der Waals surface area contributed by atoms with Gasteiger partial charge in [0.25, 0.3) is 5.91 Å². The lowest BCUT2D eigenvalue weighted by molar-refractivity contribution is 0.0916. The molecule has 2 aromatic rings. The summed E-state index contributed by atoms with van der Waals surface area (Å²) in [6, 6.07) is 14.8. The third-order valence-electron chi connectivity index (χ3n) is 3.79. The van der Waals surface area contributed by atoms with Crippen molar-refractivity contribution in [3.05, 3.63) is 70.8 Å². The van der Waals surface area contributed by atoms with E-state index in [1.807, 2.05) is 48.5 Å². The van der Waals surface area contributed by atoms with Crippen molar-refractivity contribution in [2.75, 3.05) is 6.61 Å². The summed E-state index contributed by atoms with van der Waals surface area (Å²) in [6.45, 7) is 1.54. The van der Waals surface area contributed by atoms with E-state index in [1.54, 1.807) is 0 Å². The third-order valence-corrected chi connectivity index (χ3v) is 3.79. The van der Waals surface area contributed by atoms with E-state index in [-0.39, 0.29) is 18.6 Å². The fraction of sp³-hybridized carbons (Fsp3) is 0.235. The van der Waals surface area contributed by atoms with E-state index in [2.05, 4.69) is 10.6 Å². The molecule has 0 aliphatic carbocycles. The molecule has 1 atom stereocenters. The first-order valence-corrected chi connectivity index (χ1v) is 7.07. The number of aliphatic hydroxyl groups is 1.